The molecule has 0 saturated heterocycles. The molecule has 0 radical (unpaired) electrons. The summed E-state index contributed by atoms with van der Waals surface area (Å²) in [4.78, 5) is 0. The summed E-state index contributed by atoms with van der Waals surface area (Å²) in [5.41, 5.74) is 1.05. The third-order valence-electron chi connectivity index (χ3n) is 3.17. The molecule has 2 rings (SSSR count). The number of aromatic nitrogens is 3. The van der Waals surface area contributed by atoms with Gasteiger partial charge in [-0.2, -0.15) is 0 Å². The summed E-state index contributed by atoms with van der Waals surface area (Å²) in [5.74, 6) is 1.89. The zero-order chi connectivity index (χ0) is 13.2. The van der Waals surface area contributed by atoms with Crippen LogP contribution in [0.15, 0.2) is 43.0 Å². The molecule has 1 heterocycles. The third-order valence-corrected chi connectivity index (χ3v) is 3.17. The highest BCUT2D eigenvalue weighted by atomic mass is 15.3. The maximum absolute atomic E-state index is 4.35. The van der Waals surface area contributed by atoms with Gasteiger partial charge >= 0.3 is 0 Å². The molecule has 1 aromatic heterocycles. The maximum atomic E-state index is 4.35. The van der Waals surface area contributed by atoms with Gasteiger partial charge in [0.1, 0.15) is 5.82 Å². The highest BCUT2D eigenvalue weighted by molar-refractivity contribution is 5.55. The average molecular weight is 241 g/mol. The van der Waals surface area contributed by atoms with Gasteiger partial charge < -0.3 is 4.57 Å². The highest BCUT2D eigenvalue weighted by Gasteiger charge is 2.26. The summed E-state index contributed by atoms with van der Waals surface area (Å²) in [6, 6.07) is 10.1. The Balaban J connectivity index is 2.44. The van der Waals surface area contributed by atoms with Gasteiger partial charge in [-0.05, 0) is 6.42 Å². The van der Waals surface area contributed by atoms with Crippen LogP contribution in [0.3, 0.4) is 0 Å². The van der Waals surface area contributed by atoms with Crippen molar-refractivity contribution in [3.05, 3.63) is 48.8 Å². The summed E-state index contributed by atoms with van der Waals surface area (Å²) >= 11 is 0. The molecule has 0 amide bonds. The minimum atomic E-state index is -0.0451. The number of rotatable bonds is 4. The van der Waals surface area contributed by atoms with Crippen LogP contribution in [0.4, 0.5) is 0 Å². The Bertz CT molecular complexity index is 538. The molecule has 0 atom stereocenters. The van der Waals surface area contributed by atoms with E-state index in [1.165, 1.54) is 0 Å². The lowest BCUT2D eigenvalue weighted by molar-refractivity contribution is 0.478. The lowest BCUT2D eigenvalue weighted by Crippen LogP contribution is -2.21. The van der Waals surface area contributed by atoms with E-state index in [-0.39, 0.29) is 5.41 Å². The van der Waals surface area contributed by atoms with Gasteiger partial charge in [-0.3, -0.25) is 0 Å². The molecule has 0 bridgehead atoms. The highest BCUT2D eigenvalue weighted by Crippen LogP contribution is 2.28. The molecule has 94 valence electrons. The van der Waals surface area contributed by atoms with Crippen molar-refractivity contribution in [3.8, 4) is 11.4 Å². The van der Waals surface area contributed by atoms with Crippen molar-refractivity contribution in [2.45, 2.75) is 25.7 Å². The molecular weight excluding hydrogens is 222 g/mol. The largest absolute Gasteiger partial charge is 0.314 e. The van der Waals surface area contributed by atoms with Gasteiger partial charge in [0.2, 0.25) is 0 Å². The van der Waals surface area contributed by atoms with E-state index in [0.29, 0.717) is 0 Å². The number of allylic oxidation sites excluding steroid dienone is 1. The Hall–Kier alpha value is -1.90. The summed E-state index contributed by atoms with van der Waals surface area (Å²) in [6.07, 6.45) is 2.81. The molecular formula is C15H19N3. The fraction of sp³-hybridized carbons (Fsp3) is 0.333. The van der Waals surface area contributed by atoms with E-state index in [9.17, 15) is 0 Å². The van der Waals surface area contributed by atoms with Crippen LogP contribution in [0.5, 0.6) is 0 Å². The van der Waals surface area contributed by atoms with Crippen molar-refractivity contribution in [2.75, 3.05) is 0 Å². The molecule has 1 aromatic carbocycles. The van der Waals surface area contributed by atoms with Gasteiger partial charge in [0.05, 0.1) is 0 Å². The quantitative estimate of drug-likeness (QED) is 0.769. The SMILES string of the molecule is C=CCC(C)(C)c1nnc(-c2ccccc2)n1C. The van der Waals surface area contributed by atoms with Crippen molar-refractivity contribution >= 4 is 0 Å². The lowest BCUT2D eigenvalue weighted by Gasteiger charge is -2.21. The van der Waals surface area contributed by atoms with Gasteiger partial charge in [0.25, 0.3) is 0 Å². The van der Waals surface area contributed by atoms with E-state index >= 15 is 0 Å². The van der Waals surface area contributed by atoms with Crippen LogP contribution in [0.2, 0.25) is 0 Å². The molecule has 0 N–H and O–H groups in total. The average Bonchev–Trinajstić information content (AvgIpc) is 2.73. The van der Waals surface area contributed by atoms with Crippen LogP contribution in [0.1, 0.15) is 26.1 Å². The van der Waals surface area contributed by atoms with Gasteiger partial charge in [-0.25, -0.2) is 0 Å². The first-order valence-electron chi connectivity index (χ1n) is 6.12. The molecule has 0 saturated carbocycles. The van der Waals surface area contributed by atoms with Crippen molar-refractivity contribution < 1.29 is 0 Å². The monoisotopic (exact) mass is 241 g/mol. The Labute approximate surface area is 108 Å². The van der Waals surface area contributed by atoms with Crippen LogP contribution in [0.25, 0.3) is 11.4 Å². The summed E-state index contributed by atoms with van der Waals surface area (Å²) in [5, 5.41) is 8.66. The molecule has 0 fully saturated rings. The first-order chi connectivity index (χ1) is 8.56. The van der Waals surface area contributed by atoms with E-state index in [2.05, 4.69) is 35.2 Å². The van der Waals surface area contributed by atoms with Crippen molar-refractivity contribution in [3.63, 3.8) is 0 Å². The first kappa shape index (κ1) is 12.6. The second-order valence-electron chi connectivity index (χ2n) is 5.15. The molecule has 0 spiro atoms. The van der Waals surface area contributed by atoms with E-state index in [1.807, 2.05) is 43.5 Å². The molecule has 3 nitrogen and oxygen atoms in total. The van der Waals surface area contributed by atoms with Crippen LogP contribution < -0.4 is 0 Å². The standard InChI is InChI=1S/C15H19N3/c1-5-11-15(2,3)14-17-16-13(18(14)4)12-9-7-6-8-10-12/h5-10H,1,11H2,2-4H3. The predicted molar refractivity (Wildman–Crippen MR) is 74.3 cm³/mol. The van der Waals surface area contributed by atoms with Gasteiger partial charge in [0, 0.05) is 18.0 Å². The predicted octanol–water partition coefficient (Wildman–Crippen LogP) is 3.34. The smallest absolute Gasteiger partial charge is 0.163 e. The minimum absolute atomic E-state index is 0.0451. The third kappa shape index (κ3) is 2.21. The van der Waals surface area contributed by atoms with Crippen LogP contribution in [-0.4, -0.2) is 14.8 Å². The van der Waals surface area contributed by atoms with Gasteiger partial charge in [-0.15, -0.1) is 16.8 Å². The van der Waals surface area contributed by atoms with E-state index < -0.39 is 0 Å². The first-order valence-corrected chi connectivity index (χ1v) is 6.12. The van der Waals surface area contributed by atoms with E-state index in [0.717, 1.165) is 23.6 Å². The zero-order valence-electron chi connectivity index (χ0n) is 11.2. The van der Waals surface area contributed by atoms with Gasteiger partial charge in [-0.1, -0.05) is 50.3 Å². The van der Waals surface area contributed by atoms with Crippen LogP contribution in [0, 0.1) is 0 Å². The van der Waals surface area contributed by atoms with Crippen molar-refractivity contribution in [1.29, 1.82) is 0 Å². The number of hydrogen-bond acceptors (Lipinski definition) is 2. The minimum Gasteiger partial charge on any atom is -0.314 e. The molecule has 18 heavy (non-hydrogen) atoms. The fourth-order valence-corrected chi connectivity index (χ4v) is 2.21. The number of nitrogens with zero attached hydrogens (tertiary/aromatic N) is 3. The number of hydrogen-bond donors (Lipinski definition) is 0. The molecule has 0 aliphatic carbocycles. The Morgan fingerprint density at radius 1 is 1.22 bits per heavy atom. The second kappa shape index (κ2) is 4.77. The summed E-state index contributed by atoms with van der Waals surface area (Å²) in [7, 11) is 2.02. The van der Waals surface area contributed by atoms with Crippen LogP contribution >= 0.6 is 0 Å². The summed E-state index contributed by atoms with van der Waals surface area (Å²) < 4.78 is 2.07. The van der Waals surface area contributed by atoms with E-state index in [1.54, 1.807) is 0 Å². The lowest BCUT2D eigenvalue weighted by atomic mass is 9.88. The van der Waals surface area contributed by atoms with Gasteiger partial charge in [0.15, 0.2) is 5.82 Å². The second-order valence-corrected chi connectivity index (χ2v) is 5.15. The Kier molecular flexibility index (Phi) is 3.32. The van der Waals surface area contributed by atoms with E-state index in [4.69, 9.17) is 0 Å². The molecule has 2 aromatic rings. The van der Waals surface area contributed by atoms with Crippen LogP contribution in [-0.2, 0) is 12.5 Å². The summed E-state index contributed by atoms with van der Waals surface area (Å²) in [6.45, 7) is 8.13. The normalized spacial score (nSPS) is 11.5. The molecule has 0 aliphatic rings. The zero-order valence-corrected chi connectivity index (χ0v) is 11.2. The number of benzene rings is 1. The molecule has 0 unspecified atom stereocenters. The Morgan fingerprint density at radius 3 is 2.50 bits per heavy atom. The fourth-order valence-electron chi connectivity index (χ4n) is 2.21. The van der Waals surface area contributed by atoms with Crippen molar-refractivity contribution in [2.24, 2.45) is 7.05 Å². The maximum Gasteiger partial charge on any atom is 0.163 e. The van der Waals surface area contributed by atoms with Crippen molar-refractivity contribution in [1.82, 2.24) is 14.8 Å². The Morgan fingerprint density at radius 2 is 1.89 bits per heavy atom. The molecule has 0 aliphatic heterocycles. The molecule has 3 heteroatoms. The topological polar surface area (TPSA) is 30.7 Å².